The van der Waals surface area contributed by atoms with Gasteiger partial charge in [0.2, 0.25) is 0 Å². The number of nitrogens with one attached hydrogen (secondary N) is 1. The molecule has 1 aliphatic rings. The summed E-state index contributed by atoms with van der Waals surface area (Å²) in [6, 6.07) is 5.79. The summed E-state index contributed by atoms with van der Waals surface area (Å²) in [7, 11) is 3.33. The quantitative estimate of drug-likeness (QED) is 0.391. The zero-order valence-electron chi connectivity index (χ0n) is 15.3. The van der Waals surface area contributed by atoms with Crippen LogP contribution in [0.5, 0.6) is 11.5 Å². The number of methoxy groups -OCH3 is 2. The Morgan fingerprint density at radius 3 is 2.80 bits per heavy atom. The largest absolute Gasteiger partial charge is 0.497 e. The Labute approximate surface area is 150 Å². The molecule has 0 saturated carbocycles. The highest BCUT2D eigenvalue weighted by Crippen LogP contribution is 2.24. The first kappa shape index (κ1) is 19.3. The summed E-state index contributed by atoms with van der Waals surface area (Å²) >= 11 is 0. The number of benzene rings is 1. The third kappa shape index (κ3) is 6.80. The van der Waals surface area contributed by atoms with Gasteiger partial charge in [0.15, 0.2) is 5.96 Å². The minimum absolute atomic E-state index is 0.490. The van der Waals surface area contributed by atoms with Crippen LogP contribution in [0, 0.1) is 0 Å². The zero-order chi connectivity index (χ0) is 17.9. The Morgan fingerprint density at radius 1 is 1.28 bits per heavy atom. The van der Waals surface area contributed by atoms with Gasteiger partial charge < -0.3 is 25.3 Å². The maximum absolute atomic E-state index is 5.93. The van der Waals surface area contributed by atoms with Crippen molar-refractivity contribution < 1.29 is 14.2 Å². The molecule has 0 unspecified atom stereocenters. The van der Waals surface area contributed by atoms with E-state index in [0.717, 1.165) is 69.3 Å². The van der Waals surface area contributed by atoms with E-state index < -0.39 is 0 Å². The summed E-state index contributed by atoms with van der Waals surface area (Å²) in [4.78, 5) is 6.79. The summed E-state index contributed by atoms with van der Waals surface area (Å²) in [5.41, 5.74) is 7.01. The van der Waals surface area contributed by atoms with Crippen molar-refractivity contribution in [3.8, 4) is 11.5 Å². The van der Waals surface area contributed by atoms with Crippen LogP contribution in [0.2, 0.25) is 0 Å². The molecule has 1 saturated heterocycles. The average Bonchev–Trinajstić information content (AvgIpc) is 2.66. The molecule has 0 bridgehead atoms. The van der Waals surface area contributed by atoms with Gasteiger partial charge in [0.05, 0.1) is 27.4 Å². The van der Waals surface area contributed by atoms with Gasteiger partial charge in [-0.25, -0.2) is 0 Å². The predicted octanol–water partition coefficient (Wildman–Crippen LogP) is 0.873. The molecular weight excluding hydrogens is 320 g/mol. The van der Waals surface area contributed by atoms with Crippen molar-refractivity contribution in [3.63, 3.8) is 0 Å². The molecule has 0 radical (unpaired) electrons. The van der Waals surface area contributed by atoms with Gasteiger partial charge in [0.25, 0.3) is 0 Å². The van der Waals surface area contributed by atoms with E-state index in [1.54, 1.807) is 14.2 Å². The SMILES string of the molecule is COc1ccc(OC)c(CCNC(N)=NCCCN2CCOCC2)c1. The van der Waals surface area contributed by atoms with Crippen LogP contribution in [0.15, 0.2) is 23.2 Å². The van der Waals surface area contributed by atoms with Gasteiger partial charge in [-0.2, -0.15) is 0 Å². The molecular formula is C18H30N4O3. The van der Waals surface area contributed by atoms with E-state index in [4.69, 9.17) is 19.9 Å². The van der Waals surface area contributed by atoms with Gasteiger partial charge in [0.1, 0.15) is 11.5 Å². The smallest absolute Gasteiger partial charge is 0.188 e. The lowest BCUT2D eigenvalue weighted by molar-refractivity contribution is 0.0377. The minimum atomic E-state index is 0.490. The fourth-order valence-electron chi connectivity index (χ4n) is 2.78. The Kier molecular flexibility index (Phi) is 8.34. The van der Waals surface area contributed by atoms with Crippen molar-refractivity contribution in [3.05, 3.63) is 23.8 Å². The van der Waals surface area contributed by atoms with E-state index in [1.807, 2.05) is 18.2 Å². The zero-order valence-corrected chi connectivity index (χ0v) is 15.3. The van der Waals surface area contributed by atoms with Crippen LogP contribution in [0.4, 0.5) is 0 Å². The first-order valence-corrected chi connectivity index (χ1v) is 8.77. The Hall–Kier alpha value is -1.99. The number of hydrogen-bond acceptors (Lipinski definition) is 5. The van der Waals surface area contributed by atoms with Gasteiger partial charge >= 0.3 is 0 Å². The molecule has 0 spiro atoms. The summed E-state index contributed by atoms with van der Waals surface area (Å²) in [5.74, 6) is 2.16. The molecule has 1 aliphatic heterocycles. The fourth-order valence-corrected chi connectivity index (χ4v) is 2.78. The second-order valence-corrected chi connectivity index (χ2v) is 5.93. The average molecular weight is 350 g/mol. The monoisotopic (exact) mass is 350 g/mol. The van der Waals surface area contributed by atoms with Gasteiger partial charge in [-0.1, -0.05) is 0 Å². The van der Waals surface area contributed by atoms with Crippen LogP contribution in [0.3, 0.4) is 0 Å². The molecule has 1 aromatic carbocycles. The second-order valence-electron chi connectivity index (χ2n) is 5.93. The number of rotatable bonds is 9. The van der Waals surface area contributed by atoms with Crippen molar-refractivity contribution in [2.24, 2.45) is 10.7 Å². The van der Waals surface area contributed by atoms with Crippen molar-refractivity contribution in [2.45, 2.75) is 12.8 Å². The van der Waals surface area contributed by atoms with E-state index in [0.29, 0.717) is 12.5 Å². The van der Waals surface area contributed by atoms with Crippen LogP contribution in [0.25, 0.3) is 0 Å². The lowest BCUT2D eigenvalue weighted by Crippen LogP contribution is -2.37. The maximum atomic E-state index is 5.93. The summed E-state index contributed by atoms with van der Waals surface area (Å²) in [6.45, 7) is 6.17. The third-order valence-electron chi connectivity index (χ3n) is 4.21. The second kappa shape index (κ2) is 10.8. The van der Waals surface area contributed by atoms with Crippen molar-refractivity contribution in [2.75, 3.05) is 60.2 Å². The molecule has 25 heavy (non-hydrogen) atoms. The van der Waals surface area contributed by atoms with E-state index in [1.165, 1.54) is 0 Å². The molecule has 7 nitrogen and oxygen atoms in total. The molecule has 0 amide bonds. The molecule has 3 N–H and O–H groups in total. The topological polar surface area (TPSA) is 81.3 Å². The molecule has 2 rings (SSSR count). The molecule has 0 atom stereocenters. The van der Waals surface area contributed by atoms with Gasteiger partial charge in [-0.15, -0.1) is 0 Å². The molecule has 0 aliphatic carbocycles. The first-order valence-electron chi connectivity index (χ1n) is 8.77. The molecule has 1 aromatic rings. The van der Waals surface area contributed by atoms with Gasteiger partial charge in [-0.3, -0.25) is 9.89 Å². The number of nitrogens with two attached hydrogens (primary N) is 1. The Balaban J connectivity index is 1.68. The molecule has 1 fully saturated rings. The third-order valence-corrected chi connectivity index (χ3v) is 4.21. The Morgan fingerprint density at radius 2 is 2.08 bits per heavy atom. The lowest BCUT2D eigenvalue weighted by Gasteiger charge is -2.26. The normalized spacial score (nSPS) is 15.8. The van der Waals surface area contributed by atoms with Crippen LogP contribution >= 0.6 is 0 Å². The van der Waals surface area contributed by atoms with E-state index in [9.17, 15) is 0 Å². The van der Waals surface area contributed by atoms with Crippen LogP contribution < -0.4 is 20.5 Å². The summed E-state index contributed by atoms with van der Waals surface area (Å²) < 4.78 is 16.0. The molecule has 140 valence electrons. The van der Waals surface area contributed by atoms with Crippen LogP contribution in [0.1, 0.15) is 12.0 Å². The van der Waals surface area contributed by atoms with Crippen molar-refractivity contribution >= 4 is 5.96 Å². The number of morpholine rings is 1. The molecule has 1 heterocycles. The fraction of sp³-hybridized carbons (Fsp3) is 0.611. The summed E-state index contributed by atoms with van der Waals surface area (Å²) in [5, 5.41) is 3.16. The van der Waals surface area contributed by atoms with E-state index in [2.05, 4.69) is 15.2 Å². The lowest BCUT2D eigenvalue weighted by atomic mass is 10.1. The highest BCUT2D eigenvalue weighted by atomic mass is 16.5. The first-order chi connectivity index (χ1) is 12.2. The predicted molar refractivity (Wildman–Crippen MR) is 99.6 cm³/mol. The van der Waals surface area contributed by atoms with Crippen molar-refractivity contribution in [1.29, 1.82) is 0 Å². The number of ether oxygens (including phenoxy) is 3. The standard InChI is InChI=1S/C18H30N4O3/c1-23-16-4-5-17(24-2)15(14-16)6-8-21-18(19)20-7-3-9-22-10-12-25-13-11-22/h4-5,14H,3,6-13H2,1-2H3,(H3,19,20,21). The van der Waals surface area contributed by atoms with Gasteiger partial charge in [0, 0.05) is 32.7 Å². The number of guanidine groups is 1. The summed E-state index contributed by atoms with van der Waals surface area (Å²) in [6.07, 6.45) is 1.79. The van der Waals surface area contributed by atoms with Crippen LogP contribution in [-0.2, 0) is 11.2 Å². The molecule has 0 aromatic heterocycles. The Bertz CT molecular complexity index is 545. The molecule has 7 heteroatoms. The van der Waals surface area contributed by atoms with E-state index >= 15 is 0 Å². The maximum Gasteiger partial charge on any atom is 0.188 e. The van der Waals surface area contributed by atoms with Crippen molar-refractivity contribution in [1.82, 2.24) is 10.2 Å². The van der Waals surface area contributed by atoms with E-state index in [-0.39, 0.29) is 0 Å². The van der Waals surface area contributed by atoms with Gasteiger partial charge in [-0.05, 0) is 36.6 Å². The van der Waals surface area contributed by atoms with Crippen LogP contribution in [-0.4, -0.2) is 71.0 Å². The number of nitrogens with zero attached hydrogens (tertiary/aromatic N) is 2. The minimum Gasteiger partial charge on any atom is -0.497 e. The number of aliphatic imine (C=N–C) groups is 1. The highest BCUT2D eigenvalue weighted by Gasteiger charge is 2.09. The number of hydrogen-bond donors (Lipinski definition) is 2. The highest BCUT2D eigenvalue weighted by molar-refractivity contribution is 5.77.